The fourth-order valence-electron chi connectivity index (χ4n) is 4.83. The van der Waals surface area contributed by atoms with E-state index in [4.69, 9.17) is 5.73 Å². The smallest absolute Gasteiger partial charge is 0.321 e. The van der Waals surface area contributed by atoms with Gasteiger partial charge in [0, 0.05) is 18.5 Å². The fraction of sp³-hybridized carbons (Fsp3) is 0.214. The van der Waals surface area contributed by atoms with Crippen molar-refractivity contribution in [2.24, 2.45) is 0 Å². The van der Waals surface area contributed by atoms with E-state index in [2.05, 4.69) is 9.97 Å². The topological polar surface area (TPSA) is 113 Å². The summed E-state index contributed by atoms with van der Waals surface area (Å²) >= 11 is 0. The third-order valence-electron chi connectivity index (χ3n) is 6.82. The summed E-state index contributed by atoms with van der Waals surface area (Å²) in [5, 5.41) is 10.0. The number of carbonyl (C=O) groups is 2. The number of nitrogens with zero attached hydrogens (tertiary/aromatic N) is 4. The molecule has 10 heteroatoms. The number of benzene rings is 3. The van der Waals surface area contributed by atoms with E-state index in [-0.39, 0.29) is 24.0 Å². The normalized spacial score (nSPS) is 13.7. The van der Waals surface area contributed by atoms with Crippen molar-refractivity contribution in [3.8, 4) is 11.1 Å². The summed E-state index contributed by atoms with van der Waals surface area (Å²) in [5.41, 5.74) is 9.62. The molecular weight excluding hydrogens is 492 g/mol. The Morgan fingerprint density at radius 1 is 1.03 bits per heavy atom. The molecule has 1 amide bonds. The summed E-state index contributed by atoms with van der Waals surface area (Å²) in [6.45, 7) is 0.850. The standard InChI is InChI=1S/C28H25F2N5O3/c1-34(2)24(27(37)38)11-18-10-21(29)22(30)12-19(18)15-7-8-23-20(9-15)25(33-28(31)32-23)26(36)35-13-16-5-3-4-6-17(16)14-35/h3-10,12,24H,11,13-14H2,1-2H3,(H,37,38)(H2,31,32,33). The maximum Gasteiger partial charge on any atom is 0.321 e. The lowest BCUT2D eigenvalue weighted by molar-refractivity contribution is -0.142. The lowest BCUT2D eigenvalue weighted by Gasteiger charge is -2.22. The molecule has 1 aliphatic heterocycles. The summed E-state index contributed by atoms with van der Waals surface area (Å²) < 4.78 is 28.7. The van der Waals surface area contributed by atoms with E-state index in [1.807, 2.05) is 24.3 Å². The number of aromatic nitrogens is 2. The first kappa shape index (κ1) is 25.2. The van der Waals surface area contributed by atoms with Gasteiger partial charge in [-0.1, -0.05) is 30.3 Å². The van der Waals surface area contributed by atoms with Crippen LogP contribution in [0.25, 0.3) is 22.0 Å². The lowest BCUT2D eigenvalue weighted by Crippen LogP contribution is -2.37. The van der Waals surface area contributed by atoms with Gasteiger partial charge in [0.2, 0.25) is 5.95 Å². The summed E-state index contributed by atoms with van der Waals surface area (Å²) in [6, 6.07) is 13.8. The number of hydrogen-bond donors (Lipinski definition) is 2. The molecule has 1 aliphatic rings. The molecule has 0 saturated heterocycles. The van der Waals surface area contributed by atoms with Crippen LogP contribution < -0.4 is 5.73 Å². The van der Waals surface area contributed by atoms with Crippen LogP contribution >= 0.6 is 0 Å². The highest BCUT2D eigenvalue weighted by atomic mass is 19.2. The third kappa shape index (κ3) is 4.66. The minimum Gasteiger partial charge on any atom is -0.480 e. The van der Waals surface area contributed by atoms with Gasteiger partial charge in [-0.05, 0) is 72.6 Å². The van der Waals surface area contributed by atoms with Gasteiger partial charge in [0.25, 0.3) is 5.91 Å². The highest BCUT2D eigenvalue weighted by Crippen LogP contribution is 2.32. The number of fused-ring (bicyclic) bond motifs is 2. The highest BCUT2D eigenvalue weighted by Gasteiger charge is 2.28. The number of nitrogens with two attached hydrogens (primary N) is 1. The highest BCUT2D eigenvalue weighted by molar-refractivity contribution is 6.06. The molecule has 0 spiro atoms. The molecule has 1 unspecified atom stereocenters. The minimum absolute atomic E-state index is 0.0610. The molecule has 5 rings (SSSR count). The van der Waals surface area contributed by atoms with Gasteiger partial charge in [-0.3, -0.25) is 14.5 Å². The molecule has 0 aliphatic carbocycles. The summed E-state index contributed by atoms with van der Waals surface area (Å²) in [6.07, 6.45) is -0.0665. The zero-order chi connectivity index (χ0) is 27.1. The molecule has 0 radical (unpaired) electrons. The molecule has 3 N–H and O–H groups in total. The Kier molecular flexibility index (Phi) is 6.50. The number of hydrogen-bond acceptors (Lipinski definition) is 6. The Balaban J connectivity index is 1.60. The second kappa shape index (κ2) is 9.79. The van der Waals surface area contributed by atoms with Crippen LogP contribution in [0.4, 0.5) is 14.7 Å². The summed E-state index contributed by atoms with van der Waals surface area (Å²) in [5.74, 6) is -3.63. The Bertz CT molecular complexity index is 1570. The van der Waals surface area contributed by atoms with Crippen molar-refractivity contribution >= 4 is 28.7 Å². The number of nitrogen functional groups attached to an aromatic ring is 1. The van der Waals surface area contributed by atoms with E-state index in [1.54, 1.807) is 37.2 Å². The van der Waals surface area contributed by atoms with Crippen molar-refractivity contribution in [2.45, 2.75) is 25.6 Å². The van der Waals surface area contributed by atoms with Crippen LogP contribution in [-0.2, 0) is 24.3 Å². The largest absolute Gasteiger partial charge is 0.480 e. The number of rotatable bonds is 6. The van der Waals surface area contributed by atoms with Crippen molar-refractivity contribution in [3.05, 3.63) is 88.6 Å². The number of aliphatic carboxylic acids is 1. The second-order valence-corrected chi connectivity index (χ2v) is 9.54. The van der Waals surface area contributed by atoms with Gasteiger partial charge in [0.1, 0.15) is 11.7 Å². The van der Waals surface area contributed by atoms with Gasteiger partial charge >= 0.3 is 5.97 Å². The maximum absolute atomic E-state index is 14.4. The molecule has 4 aromatic rings. The minimum atomic E-state index is -1.09. The SMILES string of the molecule is CN(C)C(Cc1cc(F)c(F)cc1-c1ccc2nc(N)nc(C(=O)N3Cc4ccccc4C3)c2c1)C(=O)O. The average molecular weight is 518 g/mol. The van der Waals surface area contributed by atoms with Gasteiger partial charge in [-0.15, -0.1) is 0 Å². The molecule has 1 atom stereocenters. The zero-order valence-corrected chi connectivity index (χ0v) is 20.8. The average Bonchev–Trinajstić information content (AvgIpc) is 3.32. The van der Waals surface area contributed by atoms with Gasteiger partial charge in [0.15, 0.2) is 11.6 Å². The molecule has 1 aromatic heterocycles. The first-order valence-corrected chi connectivity index (χ1v) is 11.9. The lowest BCUT2D eigenvalue weighted by atomic mass is 9.93. The van der Waals surface area contributed by atoms with Crippen LogP contribution in [0.1, 0.15) is 27.2 Å². The number of carboxylic acids is 1. The predicted molar refractivity (Wildman–Crippen MR) is 138 cm³/mol. The Morgan fingerprint density at radius 3 is 2.32 bits per heavy atom. The van der Waals surface area contributed by atoms with E-state index < -0.39 is 23.6 Å². The van der Waals surface area contributed by atoms with Crippen LogP contribution in [-0.4, -0.2) is 56.9 Å². The number of amides is 1. The third-order valence-corrected chi connectivity index (χ3v) is 6.82. The van der Waals surface area contributed by atoms with E-state index >= 15 is 0 Å². The summed E-state index contributed by atoms with van der Waals surface area (Å²) in [4.78, 5) is 37.0. The Morgan fingerprint density at radius 2 is 1.68 bits per heavy atom. The number of carbonyl (C=O) groups excluding carboxylic acids is 1. The van der Waals surface area contributed by atoms with Crippen molar-refractivity contribution in [2.75, 3.05) is 19.8 Å². The quantitative estimate of drug-likeness (QED) is 0.399. The molecule has 194 valence electrons. The van der Waals surface area contributed by atoms with Crippen LogP contribution in [0.2, 0.25) is 0 Å². The van der Waals surface area contributed by atoms with Crippen LogP contribution in [0.15, 0.2) is 54.6 Å². The molecular formula is C28H25F2N5O3. The number of likely N-dealkylation sites (N-methyl/N-ethyl adjacent to an activating group) is 1. The monoisotopic (exact) mass is 517 g/mol. The zero-order valence-electron chi connectivity index (χ0n) is 20.8. The first-order chi connectivity index (χ1) is 18.1. The van der Waals surface area contributed by atoms with Crippen LogP contribution in [0.3, 0.4) is 0 Å². The fourth-order valence-corrected chi connectivity index (χ4v) is 4.83. The van der Waals surface area contributed by atoms with E-state index in [0.717, 1.165) is 23.3 Å². The van der Waals surface area contributed by atoms with Crippen molar-refractivity contribution in [3.63, 3.8) is 0 Å². The number of anilines is 1. The molecule has 8 nitrogen and oxygen atoms in total. The maximum atomic E-state index is 14.4. The second-order valence-electron chi connectivity index (χ2n) is 9.54. The molecule has 0 bridgehead atoms. The Hall–Kier alpha value is -4.44. The first-order valence-electron chi connectivity index (χ1n) is 11.9. The number of carboxylic acid groups (broad SMARTS) is 1. The molecule has 3 aromatic carbocycles. The van der Waals surface area contributed by atoms with Crippen LogP contribution in [0, 0.1) is 11.6 Å². The molecule has 0 fully saturated rings. The number of halogens is 2. The Labute approximate surface area is 217 Å². The molecule has 2 heterocycles. The molecule has 38 heavy (non-hydrogen) atoms. The van der Waals surface area contributed by atoms with E-state index in [9.17, 15) is 23.5 Å². The van der Waals surface area contributed by atoms with Gasteiger partial charge in [-0.2, -0.15) is 0 Å². The van der Waals surface area contributed by atoms with Crippen molar-refractivity contribution in [1.29, 1.82) is 0 Å². The van der Waals surface area contributed by atoms with Crippen LogP contribution in [0.5, 0.6) is 0 Å². The molecule has 0 saturated carbocycles. The van der Waals surface area contributed by atoms with E-state index in [1.165, 1.54) is 4.90 Å². The van der Waals surface area contributed by atoms with Gasteiger partial charge in [-0.25, -0.2) is 18.7 Å². The predicted octanol–water partition coefficient (Wildman–Crippen LogP) is 3.87. The van der Waals surface area contributed by atoms with Gasteiger partial charge < -0.3 is 15.7 Å². The summed E-state index contributed by atoms with van der Waals surface area (Å²) in [7, 11) is 3.20. The van der Waals surface area contributed by atoms with E-state index in [0.29, 0.717) is 40.7 Å². The van der Waals surface area contributed by atoms with Crippen molar-refractivity contribution < 1.29 is 23.5 Å². The van der Waals surface area contributed by atoms with Gasteiger partial charge in [0.05, 0.1) is 5.52 Å². The van der Waals surface area contributed by atoms with Crippen molar-refractivity contribution in [1.82, 2.24) is 19.8 Å².